The molecule has 3 heteroatoms. The van der Waals surface area contributed by atoms with Crippen molar-refractivity contribution in [1.29, 1.82) is 0 Å². The molecule has 0 unspecified atom stereocenters. The summed E-state index contributed by atoms with van der Waals surface area (Å²) < 4.78 is 0. The van der Waals surface area contributed by atoms with Crippen molar-refractivity contribution in [3.63, 3.8) is 0 Å². The molecule has 0 aromatic rings. The minimum Gasteiger partial charge on any atom is -0.542 e. The van der Waals surface area contributed by atoms with E-state index >= 15 is 0 Å². The summed E-state index contributed by atoms with van der Waals surface area (Å²) in [5.41, 5.74) is 0. The second kappa shape index (κ2) is 28.8. The summed E-state index contributed by atoms with van der Waals surface area (Å²) >= 11 is 0. The average Bonchev–Trinajstić information content (AvgIpc) is 1.69. The summed E-state index contributed by atoms with van der Waals surface area (Å²) in [4.78, 5) is 17.7. The predicted molar refractivity (Wildman–Crippen MR) is 27.4 cm³/mol. The maximum Gasteiger partial charge on any atom is 2.00 e. The van der Waals surface area contributed by atoms with Crippen LogP contribution in [0.1, 0.15) is 20.3 Å². The molecule has 2 nitrogen and oxygen atoms in total. The van der Waals surface area contributed by atoms with Crippen LogP contribution in [0.4, 0.5) is 0 Å². The zero-order valence-corrected chi connectivity index (χ0v) is 5.77. The Morgan fingerprint density at radius 2 is 1.50 bits per heavy atom. The summed E-state index contributed by atoms with van der Waals surface area (Å²) in [5.74, 6) is 0. The number of hydrogen-bond donors (Lipinski definition) is 0. The first-order valence-corrected chi connectivity index (χ1v) is 1.97. The average molecular weight is 164 g/mol. The summed E-state index contributed by atoms with van der Waals surface area (Å²) in [6.45, 7) is 3.08. The number of hydrogen-bond acceptors (Lipinski definition) is 2. The SMILES string of the molecule is CC[C-]=O.C[C-]=O.[Cu+2]. The molecule has 0 rings (SSSR count). The van der Waals surface area contributed by atoms with Gasteiger partial charge in [-0.25, -0.2) is 0 Å². The molecule has 0 fully saturated rings. The van der Waals surface area contributed by atoms with E-state index in [0.717, 1.165) is 0 Å². The third kappa shape index (κ3) is 187. The third-order valence-corrected chi connectivity index (χ3v) is 0.144. The molecule has 0 aliphatic carbocycles. The molecule has 0 aliphatic rings. The van der Waals surface area contributed by atoms with Crippen LogP contribution >= 0.6 is 0 Å². The van der Waals surface area contributed by atoms with E-state index in [0.29, 0.717) is 6.42 Å². The van der Waals surface area contributed by atoms with Crippen LogP contribution < -0.4 is 0 Å². The van der Waals surface area contributed by atoms with Gasteiger partial charge in [0.2, 0.25) is 0 Å². The molecule has 0 amide bonds. The van der Waals surface area contributed by atoms with Crippen molar-refractivity contribution in [1.82, 2.24) is 0 Å². The van der Waals surface area contributed by atoms with Gasteiger partial charge >= 0.3 is 17.1 Å². The third-order valence-electron chi connectivity index (χ3n) is 0.144. The van der Waals surface area contributed by atoms with Gasteiger partial charge < -0.3 is 9.59 Å². The first kappa shape index (κ1) is 15.7. The molecule has 0 atom stereocenters. The van der Waals surface area contributed by atoms with E-state index in [-0.39, 0.29) is 17.1 Å². The molecule has 0 saturated heterocycles. The van der Waals surface area contributed by atoms with E-state index in [1.807, 2.05) is 0 Å². The molecule has 8 heavy (non-hydrogen) atoms. The fourth-order valence-electron chi connectivity index (χ4n) is 0. The van der Waals surface area contributed by atoms with Crippen molar-refractivity contribution in [2.75, 3.05) is 0 Å². The van der Waals surface area contributed by atoms with Gasteiger partial charge in [0.1, 0.15) is 0 Å². The predicted octanol–water partition coefficient (Wildman–Crippen LogP) is 0.620. The largest absolute Gasteiger partial charge is 2.00 e. The molecule has 0 bridgehead atoms. The zero-order chi connectivity index (χ0) is 6.12. The van der Waals surface area contributed by atoms with Gasteiger partial charge in [-0.3, -0.25) is 12.6 Å². The van der Waals surface area contributed by atoms with Crippen LogP contribution in [0.25, 0.3) is 0 Å². The van der Waals surface area contributed by atoms with Crippen molar-refractivity contribution < 1.29 is 26.7 Å². The van der Waals surface area contributed by atoms with E-state index in [4.69, 9.17) is 9.59 Å². The molecule has 0 aromatic heterocycles. The molecule has 0 N–H and O–H groups in total. The van der Waals surface area contributed by atoms with Gasteiger partial charge in [-0.15, -0.1) is 0 Å². The van der Waals surface area contributed by atoms with Crippen LogP contribution in [0.3, 0.4) is 0 Å². The fraction of sp³-hybridized carbons (Fsp3) is 0.600. The van der Waals surface area contributed by atoms with Crippen LogP contribution in [0, 0.1) is 0 Å². The van der Waals surface area contributed by atoms with Crippen molar-refractivity contribution in [3.8, 4) is 0 Å². The van der Waals surface area contributed by atoms with Crippen LogP contribution in [0.15, 0.2) is 0 Å². The van der Waals surface area contributed by atoms with E-state index in [9.17, 15) is 0 Å². The van der Waals surface area contributed by atoms with Crippen molar-refractivity contribution in [2.24, 2.45) is 0 Å². The summed E-state index contributed by atoms with van der Waals surface area (Å²) in [6, 6.07) is 0. The van der Waals surface area contributed by atoms with E-state index < -0.39 is 0 Å². The van der Waals surface area contributed by atoms with E-state index in [2.05, 4.69) is 0 Å². The topological polar surface area (TPSA) is 34.1 Å². The Balaban J connectivity index is -0.0000000575. The molecular formula is C5H8CuO2. The standard InChI is InChI=1S/C3H5O.C2H3O.Cu/c1-2-3-4;1-2-3;/h2H2,1H3;1H3;/q2*-1;+2. The van der Waals surface area contributed by atoms with Gasteiger partial charge in [-0.1, -0.05) is 6.92 Å². The molecule has 51 valence electrons. The molecule has 0 aliphatic heterocycles. The molecule has 0 saturated carbocycles. The Morgan fingerprint density at radius 1 is 1.38 bits per heavy atom. The second-order valence-corrected chi connectivity index (χ2v) is 0.702. The molecular weight excluding hydrogens is 156 g/mol. The van der Waals surface area contributed by atoms with E-state index in [1.54, 1.807) is 13.2 Å². The Hall–Kier alpha value is -0.141. The maximum absolute atomic E-state index is 9.05. The molecule has 0 spiro atoms. The molecule has 0 aromatic carbocycles. The van der Waals surface area contributed by atoms with Crippen LogP contribution in [-0.4, -0.2) is 12.6 Å². The quantitative estimate of drug-likeness (QED) is 0.420. The van der Waals surface area contributed by atoms with Crippen LogP contribution in [-0.2, 0) is 26.7 Å². The summed E-state index contributed by atoms with van der Waals surface area (Å²) in [7, 11) is 0. The fourth-order valence-corrected chi connectivity index (χ4v) is 0. The normalized spacial score (nSPS) is 4.75. The van der Waals surface area contributed by atoms with Gasteiger partial charge in [0.05, 0.1) is 0 Å². The van der Waals surface area contributed by atoms with Crippen molar-refractivity contribution in [3.05, 3.63) is 0 Å². The maximum atomic E-state index is 9.05. The van der Waals surface area contributed by atoms with Gasteiger partial charge in [-0.05, 0) is 0 Å². The van der Waals surface area contributed by atoms with Gasteiger partial charge in [-0.2, -0.15) is 13.3 Å². The van der Waals surface area contributed by atoms with Gasteiger partial charge in [0.25, 0.3) is 0 Å². The Labute approximate surface area is 60.1 Å². The first-order valence-electron chi connectivity index (χ1n) is 1.97. The molecule has 0 heterocycles. The monoisotopic (exact) mass is 163 g/mol. The summed E-state index contributed by atoms with van der Waals surface area (Å²) in [5, 5.41) is 0. The number of carbonyl (C=O) groups excluding carboxylic acids is 2. The first-order chi connectivity index (χ1) is 3.33. The second-order valence-electron chi connectivity index (χ2n) is 0.702. The van der Waals surface area contributed by atoms with Crippen LogP contribution in [0.2, 0.25) is 0 Å². The van der Waals surface area contributed by atoms with Gasteiger partial charge in [0, 0.05) is 0 Å². The van der Waals surface area contributed by atoms with E-state index in [1.165, 1.54) is 13.2 Å². The Morgan fingerprint density at radius 3 is 1.50 bits per heavy atom. The van der Waals surface area contributed by atoms with Crippen LogP contribution in [0.5, 0.6) is 0 Å². The zero-order valence-electron chi connectivity index (χ0n) is 4.83. The van der Waals surface area contributed by atoms with Gasteiger partial charge in [0.15, 0.2) is 0 Å². The summed E-state index contributed by atoms with van der Waals surface area (Å²) in [6.07, 6.45) is 3.69. The smallest absolute Gasteiger partial charge is 0.542 e. The van der Waals surface area contributed by atoms with Crippen molar-refractivity contribution >= 4 is 12.6 Å². The minimum absolute atomic E-state index is 0. The number of rotatable bonds is 1. The minimum atomic E-state index is 0. The van der Waals surface area contributed by atoms with Crippen molar-refractivity contribution in [2.45, 2.75) is 20.3 Å². The Bertz CT molecular complexity index is 45.7. The molecule has 1 radical (unpaired) electrons. The Kier molecular flexibility index (Phi) is 56.4.